The van der Waals surface area contributed by atoms with Crippen LogP contribution in [0.1, 0.15) is 47.1 Å². The third-order valence-corrected chi connectivity index (χ3v) is 6.32. The Morgan fingerprint density at radius 1 is 1.19 bits per heavy atom. The molecule has 0 spiro atoms. The second-order valence-corrected chi connectivity index (χ2v) is 7.92. The fourth-order valence-corrected chi connectivity index (χ4v) is 5.01. The number of hydrogen-bond acceptors (Lipinski definition) is 6. The van der Waals surface area contributed by atoms with Gasteiger partial charge in [-0.05, 0) is 37.7 Å². The van der Waals surface area contributed by atoms with Crippen molar-refractivity contribution in [3.8, 4) is 0 Å². The molecule has 0 saturated carbocycles. The molecule has 3 heterocycles. The third kappa shape index (κ3) is 2.84. The van der Waals surface area contributed by atoms with Crippen molar-refractivity contribution < 1.29 is 4.52 Å². The summed E-state index contributed by atoms with van der Waals surface area (Å²) in [5.41, 5.74) is 2.43. The maximum absolute atomic E-state index is 5.53. The molecular formula is C20H20N4OS. The molecule has 0 amide bonds. The van der Waals surface area contributed by atoms with Crippen LogP contribution in [0, 0.1) is 0 Å². The topological polar surface area (TPSA) is 63.8 Å². The quantitative estimate of drug-likeness (QED) is 0.722. The van der Waals surface area contributed by atoms with Gasteiger partial charge in [0.05, 0.1) is 17.6 Å². The number of hydrogen-bond donors (Lipinski definition) is 1. The summed E-state index contributed by atoms with van der Waals surface area (Å²) in [6.07, 6.45) is 15.9. The minimum absolute atomic E-state index is 0.312. The van der Waals surface area contributed by atoms with Crippen molar-refractivity contribution >= 4 is 27.4 Å². The molecule has 1 atom stereocenters. The number of nitrogens with zero attached hydrogens (tertiary/aromatic N) is 3. The number of fused-ring (bicyclic) bond motifs is 3. The summed E-state index contributed by atoms with van der Waals surface area (Å²) >= 11 is 1.82. The molecule has 26 heavy (non-hydrogen) atoms. The van der Waals surface area contributed by atoms with Gasteiger partial charge >= 0.3 is 0 Å². The summed E-state index contributed by atoms with van der Waals surface area (Å²) in [6.45, 7) is 0.579. The molecule has 3 aromatic rings. The number of anilines is 1. The molecule has 5 rings (SSSR count). The molecule has 132 valence electrons. The molecule has 0 aromatic carbocycles. The third-order valence-electron chi connectivity index (χ3n) is 5.12. The molecular weight excluding hydrogens is 344 g/mol. The molecule has 0 saturated heterocycles. The van der Waals surface area contributed by atoms with Crippen molar-refractivity contribution in [3.05, 3.63) is 58.6 Å². The monoisotopic (exact) mass is 364 g/mol. The van der Waals surface area contributed by atoms with Crippen LogP contribution in [0.25, 0.3) is 10.2 Å². The number of aryl methyl sites for hydroxylation is 2. The number of rotatable bonds is 4. The predicted molar refractivity (Wildman–Crippen MR) is 104 cm³/mol. The van der Waals surface area contributed by atoms with Gasteiger partial charge in [-0.25, -0.2) is 9.97 Å². The second-order valence-electron chi connectivity index (χ2n) is 6.84. The number of nitrogens with one attached hydrogen (secondary N) is 1. The second kappa shape index (κ2) is 6.68. The molecule has 1 unspecified atom stereocenters. The van der Waals surface area contributed by atoms with Gasteiger partial charge in [-0.15, -0.1) is 11.3 Å². The van der Waals surface area contributed by atoms with Gasteiger partial charge in [0.15, 0.2) is 5.76 Å². The molecule has 2 aliphatic rings. The van der Waals surface area contributed by atoms with Crippen LogP contribution in [0.2, 0.25) is 0 Å². The van der Waals surface area contributed by atoms with E-state index in [1.165, 1.54) is 35.1 Å². The maximum atomic E-state index is 5.53. The van der Waals surface area contributed by atoms with E-state index in [1.807, 2.05) is 17.4 Å². The first-order chi connectivity index (χ1) is 12.9. The fourth-order valence-electron chi connectivity index (χ4n) is 3.78. The van der Waals surface area contributed by atoms with E-state index < -0.39 is 0 Å². The lowest BCUT2D eigenvalue weighted by Crippen LogP contribution is -2.04. The maximum Gasteiger partial charge on any atom is 0.156 e. The minimum Gasteiger partial charge on any atom is -0.362 e. The van der Waals surface area contributed by atoms with Gasteiger partial charge < -0.3 is 9.84 Å². The summed E-state index contributed by atoms with van der Waals surface area (Å²) in [7, 11) is 0. The van der Waals surface area contributed by atoms with Gasteiger partial charge in [-0.2, -0.15) is 0 Å². The molecule has 3 aromatic heterocycles. The van der Waals surface area contributed by atoms with Gasteiger partial charge in [0.1, 0.15) is 17.0 Å². The van der Waals surface area contributed by atoms with E-state index in [9.17, 15) is 0 Å². The van der Waals surface area contributed by atoms with E-state index in [2.05, 4.69) is 44.7 Å². The zero-order valence-electron chi connectivity index (χ0n) is 14.4. The Kier molecular flexibility index (Phi) is 4.05. The molecule has 1 N–H and O–H groups in total. The van der Waals surface area contributed by atoms with E-state index in [0.29, 0.717) is 12.5 Å². The minimum atomic E-state index is 0.312. The van der Waals surface area contributed by atoms with Crippen LogP contribution in [0.4, 0.5) is 5.82 Å². The zero-order chi connectivity index (χ0) is 17.3. The first-order valence-electron chi connectivity index (χ1n) is 9.16. The molecule has 0 fully saturated rings. The normalized spacial score (nSPS) is 19.0. The van der Waals surface area contributed by atoms with Gasteiger partial charge in [0.2, 0.25) is 0 Å². The smallest absolute Gasteiger partial charge is 0.156 e. The number of thiophene rings is 1. The molecule has 2 aliphatic carbocycles. The average Bonchev–Trinajstić information content (AvgIpc) is 3.32. The number of aromatic nitrogens is 3. The van der Waals surface area contributed by atoms with Crippen molar-refractivity contribution in [1.82, 2.24) is 15.1 Å². The molecule has 6 heteroatoms. The summed E-state index contributed by atoms with van der Waals surface area (Å²) in [6, 6.07) is 2.04. The van der Waals surface area contributed by atoms with Crippen molar-refractivity contribution in [1.29, 1.82) is 0 Å². The zero-order valence-corrected chi connectivity index (χ0v) is 15.3. The van der Waals surface area contributed by atoms with Crippen molar-refractivity contribution in [3.63, 3.8) is 0 Å². The van der Waals surface area contributed by atoms with Crippen molar-refractivity contribution in [2.45, 2.75) is 44.6 Å². The van der Waals surface area contributed by atoms with Crippen LogP contribution in [-0.2, 0) is 19.4 Å². The van der Waals surface area contributed by atoms with Gasteiger partial charge in [-0.1, -0.05) is 29.5 Å². The summed E-state index contributed by atoms with van der Waals surface area (Å²) in [5, 5.41) is 8.89. The Hall–Kier alpha value is -2.47. The molecule has 0 radical (unpaired) electrons. The summed E-state index contributed by atoms with van der Waals surface area (Å²) in [5.74, 6) is 2.05. The Balaban J connectivity index is 1.37. The summed E-state index contributed by atoms with van der Waals surface area (Å²) in [4.78, 5) is 11.6. The first-order valence-corrected chi connectivity index (χ1v) is 9.98. The molecule has 0 aliphatic heterocycles. The first kappa shape index (κ1) is 15.8. The number of allylic oxidation sites excluding steroid dienone is 4. The highest BCUT2D eigenvalue weighted by atomic mass is 32.1. The Morgan fingerprint density at radius 3 is 3.08 bits per heavy atom. The summed E-state index contributed by atoms with van der Waals surface area (Å²) < 4.78 is 5.53. The Labute approximate surface area is 155 Å². The van der Waals surface area contributed by atoms with Gasteiger partial charge in [0, 0.05) is 16.9 Å². The fraction of sp³-hybridized carbons (Fsp3) is 0.350. The van der Waals surface area contributed by atoms with E-state index in [4.69, 9.17) is 4.52 Å². The highest BCUT2D eigenvalue weighted by molar-refractivity contribution is 7.19. The van der Waals surface area contributed by atoms with Crippen LogP contribution in [-0.4, -0.2) is 15.1 Å². The van der Waals surface area contributed by atoms with Crippen LogP contribution in [0.15, 0.2) is 41.2 Å². The lowest BCUT2D eigenvalue weighted by Gasteiger charge is -2.12. The van der Waals surface area contributed by atoms with Crippen LogP contribution < -0.4 is 5.32 Å². The van der Waals surface area contributed by atoms with Crippen LogP contribution in [0.5, 0.6) is 0 Å². The SMILES string of the molecule is C1=CCC(c2cc(CNc3ncnc4sc5c(c34)CCCC5)on2)C=C1. The largest absolute Gasteiger partial charge is 0.362 e. The van der Waals surface area contributed by atoms with Crippen molar-refractivity contribution in [2.75, 3.05) is 5.32 Å². The molecule has 0 bridgehead atoms. The lowest BCUT2D eigenvalue weighted by atomic mass is 9.97. The Morgan fingerprint density at radius 2 is 2.15 bits per heavy atom. The van der Waals surface area contributed by atoms with E-state index in [-0.39, 0.29) is 0 Å². The molecule has 5 nitrogen and oxygen atoms in total. The van der Waals surface area contributed by atoms with E-state index in [1.54, 1.807) is 6.33 Å². The van der Waals surface area contributed by atoms with Crippen LogP contribution >= 0.6 is 11.3 Å². The highest BCUT2D eigenvalue weighted by Gasteiger charge is 2.20. The standard InChI is InChI=1S/C20H20N4OS/c1-2-6-13(7-3-1)16-10-14(25-24-16)11-21-19-18-15-8-4-5-9-17(15)26-20(18)23-12-22-19/h1-3,6,10,12-13H,4-5,7-9,11H2,(H,21,22,23). The van der Waals surface area contributed by atoms with Gasteiger partial charge in [0.25, 0.3) is 0 Å². The van der Waals surface area contributed by atoms with Gasteiger partial charge in [-0.3, -0.25) is 0 Å². The van der Waals surface area contributed by atoms with E-state index >= 15 is 0 Å². The lowest BCUT2D eigenvalue weighted by molar-refractivity contribution is 0.379. The highest BCUT2D eigenvalue weighted by Crippen LogP contribution is 2.38. The van der Waals surface area contributed by atoms with E-state index in [0.717, 1.165) is 34.9 Å². The van der Waals surface area contributed by atoms with Crippen LogP contribution in [0.3, 0.4) is 0 Å². The average molecular weight is 364 g/mol. The Bertz CT molecular complexity index is 1000. The predicted octanol–water partition coefficient (Wildman–Crippen LogP) is 4.77. The van der Waals surface area contributed by atoms with Crippen molar-refractivity contribution in [2.24, 2.45) is 0 Å².